The Hall–Kier alpha value is -2.35. The van der Waals surface area contributed by atoms with Gasteiger partial charge in [0.15, 0.2) is 0 Å². The number of hydrogen-bond donors (Lipinski definition) is 3. The second kappa shape index (κ2) is 9.83. The summed E-state index contributed by atoms with van der Waals surface area (Å²) in [6, 6.07) is 16.9. The largest absolute Gasteiger partial charge is 0.635 e. The highest BCUT2D eigenvalue weighted by molar-refractivity contribution is 6.32. The molecule has 3 N–H and O–H groups in total. The number of para-hydroxylation sites is 1. The molecule has 0 aliphatic heterocycles. The van der Waals surface area contributed by atoms with Crippen molar-refractivity contribution in [2.75, 3.05) is 6.61 Å². The molecule has 0 aliphatic rings. The van der Waals surface area contributed by atoms with Crippen LogP contribution in [0.4, 0.5) is 0 Å². The van der Waals surface area contributed by atoms with E-state index in [1.165, 1.54) is 0 Å². The monoisotopic (exact) mass is 343 g/mol. The quantitative estimate of drug-likeness (QED) is 0.474. The lowest BCUT2D eigenvalue weighted by molar-refractivity contribution is -0.124. The van der Waals surface area contributed by atoms with Gasteiger partial charge in [0.1, 0.15) is 12.0 Å². The van der Waals surface area contributed by atoms with Gasteiger partial charge in [0.05, 0.1) is 13.0 Å². The van der Waals surface area contributed by atoms with Crippen molar-refractivity contribution in [3.8, 4) is 5.75 Å². The smallest absolute Gasteiger partial charge is 0.493 e. The average Bonchev–Trinajstić information content (AvgIpc) is 2.57. The van der Waals surface area contributed by atoms with E-state index in [1.54, 1.807) is 0 Å². The first-order valence-electron chi connectivity index (χ1n) is 8.07. The van der Waals surface area contributed by atoms with Crippen molar-refractivity contribution in [3.63, 3.8) is 0 Å². The van der Waals surface area contributed by atoms with E-state index in [9.17, 15) is 4.79 Å². The molecule has 0 saturated carbocycles. The van der Waals surface area contributed by atoms with Crippen LogP contribution in [0.25, 0.3) is 0 Å². The van der Waals surface area contributed by atoms with Crippen LogP contribution in [0, 0.1) is 6.92 Å². The van der Waals surface area contributed by atoms with Crippen molar-refractivity contribution in [2.45, 2.75) is 26.0 Å². The van der Waals surface area contributed by atoms with E-state index in [4.69, 9.17) is 19.4 Å². The Morgan fingerprint density at radius 1 is 1.12 bits per heavy atom. The summed E-state index contributed by atoms with van der Waals surface area (Å²) in [7, 11) is -1.96. The van der Waals surface area contributed by atoms with Crippen molar-refractivity contribution in [3.05, 3.63) is 65.7 Å². The number of amides is 1. The van der Waals surface area contributed by atoms with Crippen LogP contribution in [0.1, 0.15) is 17.5 Å². The van der Waals surface area contributed by atoms with E-state index in [2.05, 4.69) is 5.32 Å². The molecule has 25 heavy (non-hydrogen) atoms. The Morgan fingerprint density at radius 2 is 1.80 bits per heavy atom. The molecular formula is C18H22BNO5. The molecule has 1 amide bonds. The summed E-state index contributed by atoms with van der Waals surface area (Å²) >= 11 is 0. The van der Waals surface area contributed by atoms with Gasteiger partial charge < -0.3 is 24.8 Å². The maximum atomic E-state index is 12.0. The third-order valence-electron chi connectivity index (χ3n) is 3.49. The maximum absolute atomic E-state index is 12.0. The normalized spacial score (nSPS) is 11.6. The molecule has 0 spiro atoms. The molecule has 2 aromatic carbocycles. The van der Waals surface area contributed by atoms with Crippen molar-refractivity contribution in [1.29, 1.82) is 0 Å². The topological polar surface area (TPSA) is 88.0 Å². The third-order valence-corrected chi connectivity index (χ3v) is 3.49. The number of ether oxygens (including phenoxy) is 1. The van der Waals surface area contributed by atoms with E-state index in [-0.39, 0.29) is 18.9 Å². The van der Waals surface area contributed by atoms with E-state index >= 15 is 0 Å². The summed E-state index contributed by atoms with van der Waals surface area (Å²) in [5.74, 6) is 0.391. The average molecular weight is 343 g/mol. The Labute approximate surface area is 147 Å². The highest BCUT2D eigenvalue weighted by atomic mass is 16.6. The first kappa shape index (κ1) is 19.0. The van der Waals surface area contributed by atoms with Crippen LogP contribution in [-0.4, -0.2) is 36.1 Å². The summed E-state index contributed by atoms with van der Waals surface area (Å²) in [5, 5.41) is 20.7. The Kier molecular flexibility index (Phi) is 7.47. The van der Waals surface area contributed by atoms with Crippen molar-refractivity contribution >= 4 is 13.2 Å². The third kappa shape index (κ3) is 7.39. The number of hydrogen-bond acceptors (Lipinski definition) is 5. The fraction of sp³-hybridized carbons (Fsp3) is 0.278. The summed E-state index contributed by atoms with van der Waals surface area (Å²) < 4.78 is 10.4. The lowest BCUT2D eigenvalue weighted by Crippen LogP contribution is -2.42. The highest BCUT2D eigenvalue weighted by Crippen LogP contribution is 2.09. The molecule has 0 radical (unpaired) electrons. The fourth-order valence-corrected chi connectivity index (χ4v) is 2.25. The molecule has 0 saturated heterocycles. The number of nitrogens with one attached hydrogen (secondary N) is 1. The Bertz CT molecular complexity index is 648. The van der Waals surface area contributed by atoms with Gasteiger partial charge in [-0.2, -0.15) is 0 Å². The van der Waals surface area contributed by atoms with Crippen LogP contribution in [0.3, 0.4) is 0 Å². The summed E-state index contributed by atoms with van der Waals surface area (Å²) in [6.45, 7) is 2.19. The molecule has 132 valence electrons. The van der Waals surface area contributed by atoms with Gasteiger partial charge in [0, 0.05) is 6.42 Å². The van der Waals surface area contributed by atoms with Gasteiger partial charge >= 0.3 is 7.32 Å². The standard InChI is InChI=1S/C18H22BNO5/c1-14-7-9-15(10-8-14)13-18(25-19(22)23)20-17(21)11-12-24-16-5-3-2-4-6-16/h2-10,18,22-23H,11-13H2,1H3,(H,20,21)/t18-/m1/s1. The van der Waals surface area contributed by atoms with Crippen LogP contribution < -0.4 is 10.1 Å². The summed E-state index contributed by atoms with van der Waals surface area (Å²) in [5.41, 5.74) is 2.03. The molecule has 0 unspecified atom stereocenters. The van der Waals surface area contributed by atoms with Gasteiger partial charge in [0.25, 0.3) is 0 Å². The zero-order valence-electron chi connectivity index (χ0n) is 14.1. The van der Waals surface area contributed by atoms with Gasteiger partial charge in [0.2, 0.25) is 5.91 Å². The van der Waals surface area contributed by atoms with E-state index in [0.29, 0.717) is 12.2 Å². The van der Waals surface area contributed by atoms with Crippen LogP contribution in [0.2, 0.25) is 0 Å². The minimum Gasteiger partial charge on any atom is -0.493 e. The summed E-state index contributed by atoms with van der Waals surface area (Å²) in [6.07, 6.45) is -0.389. The lowest BCUT2D eigenvalue weighted by atomic mass is 10.1. The van der Waals surface area contributed by atoms with E-state index < -0.39 is 13.5 Å². The minimum absolute atomic E-state index is 0.129. The van der Waals surface area contributed by atoms with Crippen LogP contribution in [-0.2, 0) is 15.9 Å². The van der Waals surface area contributed by atoms with Crippen LogP contribution >= 0.6 is 0 Å². The second-order valence-corrected chi connectivity index (χ2v) is 5.62. The highest BCUT2D eigenvalue weighted by Gasteiger charge is 2.20. The predicted molar refractivity (Wildman–Crippen MR) is 94.6 cm³/mol. The first-order valence-corrected chi connectivity index (χ1v) is 8.07. The first-order chi connectivity index (χ1) is 12.0. The van der Waals surface area contributed by atoms with E-state index in [0.717, 1.165) is 11.1 Å². The summed E-state index contributed by atoms with van der Waals surface area (Å²) in [4.78, 5) is 12.0. The fourth-order valence-electron chi connectivity index (χ4n) is 2.25. The number of carbonyl (C=O) groups is 1. The molecule has 0 bridgehead atoms. The van der Waals surface area contributed by atoms with Gasteiger partial charge in [-0.3, -0.25) is 4.79 Å². The number of rotatable bonds is 9. The molecule has 1 atom stereocenters. The van der Waals surface area contributed by atoms with Gasteiger partial charge in [-0.05, 0) is 24.6 Å². The molecule has 0 aliphatic carbocycles. The number of benzene rings is 2. The second-order valence-electron chi connectivity index (χ2n) is 5.62. The maximum Gasteiger partial charge on any atom is 0.635 e. The van der Waals surface area contributed by atoms with Crippen LogP contribution in [0.5, 0.6) is 5.75 Å². The van der Waals surface area contributed by atoms with Gasteiger partial charge in [-0.1, -0.05) is 48.0 Å². The SMILES string of the molecule is Cc1ccc(C[C@H](NC(=O)CCOc2ccccc2)OB(O)O)cc1. The number of aryl methyl sites for hydroxylation is 1. The van der Waals surface area contributed by atoms with Crippen molar-refractivity contribution in [1.82, 2.24) is 5.32 Å². The zero-order valence-corrected chi connectivity index (χ0v) is 14.1. The molecule has 0 fully saturated rings. The molecule has 0 heterocycles. The zero-order chi connectivity index (χ0) is 18.1. The Balaban J connectivity index is 1.83. The van der Waals surface area contributed by atoms with Gasteiger partial charge in [-0.25, -0.2) is 0 Å². The molecule has 6 nitrogen and oxygen atoms in total. The van der Waals surface area contributed by atoms with E-state index in [1.807, 2.05) is 61.5 Å². The molecular weight excluding hydrogens is 321 g/mol. The van der Waals surface area contributed by atoms with Crippen molar-refractivity contribution in [2.24, 2.45) is 0 Å². The number of carbonyl (C=O) groups excluding carboxylic acids is 1. The Morgan fingerprint density at radius 3 is 2.44 bits per heavy atom. The lowest BCUT2D eigenvalue weighted by Gasteiger charge is -2.19. The molecule has 2 aromatic rings. The minimum atomic E-state index is -1.96. The molecule has 7 heteroatoms. The molecule has 0 aromatic heterocycles. The molecule has 2 rings (SSSR count). The van der Waals surface area contributed by atoms with Gasteiger partial charge in [-0.15, -0.1) is 0 Å². The van der Waals surface area contributed by atoms with Crippen molar-refractivity contribution < 1.29 is 24.2 Å². The predicted octanol–water partition coefficient (Wildman–Crippen LogP) is 1.44. The van der Waals surface area contributed by atoms with Crippen LogP contribution in [0.15, 0.2) is 54.6 Å².